The van der Waals surface area contributed by atoms with Gasteiger partial charge in [0, 0.05) is 20.2 Å². The Bertz CT molecular complexity index is 794. The summed E-state index contributed by atoms with van der Waals surface area (Å²) >= 11 is 4.99. The zero-order valence-corrected chi connectivity index (χ0v) is 14.5. The maximum absolute atomic E-state index is 12.3. The molecular formula is C15H15N3O6S. The van der Waals surface area contributed by atoms with Crippen molar-refractivity contribution in [2.24, 2.45) is 0 Å². The Morgan fingerprint density at radius 1 is 1.28 bits per heavy atom. The number of hydrogen-bond donors (Lipinski definition) is 1. The van der Waals surface area contributed by atoms with Crippen molar-refractivity contribution in [2.75, 3.05) is 20.7 Å². The molecule has 0 bridgehead atoms. The summed E-state index contributed by atoms with van der Waals surface area (Å²) in [6.07, 6.45) is 1.20. The van der Waals surface area contributed by atoms with Gasteiger partial charge in [-0.3, -0.25) is 29.5 Å². The lowest BCUT2D eigenvalue weighted by Gasteiger charge is -2.31. The number of phenols is 1. The summed E-state index contributed by atoms with van der Waals surface area (Å²) in [5.74, 6) is -1.98. The van der Waals surface area contributed by atoms with E-state index in [1.54, 1.807) is 6.92 Å². The fourth-order valence-corrected chi connectivity index (χ4v) is 2.41. The lowest BCUT2D eigenvalue weighted by atomic mass is 10.1. The smallest absolute Gasteiger partial charge is 0.315 e. The summed E-state index contributed by atoms with van der Waals surface area (Å²) in [4.78, 5) is 37.2. The van der Waals surface area contributed by atoms with Gasteiger partial charge in [0.2, 0.25) is 5.75 Å². The normalized spacial score (nSPS) is 14.8. The molecular weight excluding hydrogens is 350 g/mol. The Morgan fingerprint density at radius 2 is 1.84 bits per heavy atom. The third-order valence-electron chi connectivity index (χ3n) is 3.53. The summed E-state index contributed by atoms with van der Waals surface area (Å²) in [6, 6.07) is 2.37. The number of ether oxygens (including phenoxy) is 1. The molecule has 1 aromatic rings. The van der Waals surface area contributed by atoms with Crippen LogP contribution < -0.4 is 4.74 Å². The second-order valence-corrected chi connectivity index (χ2v) is 5.51. The molecule has 10 heteroatoms. The number of amides is 2. The van der Waals surface area contributed by atoms with E-state index in [-0.39, 0.29) is 28.6 Å². The third-order valence-corrected chi connectivity index (χ3v) is 4.08. The zero-order chi connectivity index (χ0) is 18.9. The van der Waals surface area contributed by atoms with Crippen LogP contribution in [0.4, 0.5) is 5.69 Å². The molecule has 0 aromatic heterocycles. The van der Waals surface area contributed by atoms with Gasteiger partial charge in [-0.2, -0.15) is 0 Å². The third kappa shape index (κ3) is 3.29. The van der Waals surface area contributed by atoms with Crippen molar-refractivity contribution in [1.82, 2.24) is 9.80 Å². The van der Waals surface area contributed by atoms with Gasteiger partial charge in [-0.05, 0) is 36.8 Å². The quantitative estimate of drug-likeness (QED) is 0.281. The highest BCUT2D eigenvalue weighted by Crippen LogP contribution is 2.38. The molecule has 0 radical (unpaired) electrons. The van der Waals surface area contributed by atoms with Gasteiger partial charge in [0.15, 0.2) is 10.9 Å². The van der Waals surface area contributed by atoms with E-state index in [1.165, 1.54) is 26.2 Å². The Balaban J connectivity index is 2.59. The minimum Gasteiger partial charge on any atom is -0.500 e. The summed E-state index contributed by atoms with van der Waals surface area (Å²) in [6.45, 7) is 1.82. The predicted molar refractivity (Wildman–Crippen MR) is 92.0 cm³/mol. The number of thiocarbonyl (C=S) groups is 1. The first-order valence-corrected chi connectivity index (χ1v) is 7.55. The van der Waals surface area contributed by atoms with Crippen LogP contribution in [0, 0.1) is 10.1 Å². The lowest BCUT2D eigenvalue weighted by Crippen LogP contribution is -2.52. The molecule has 9 nitrogen and oxygen atoms in total. The Kier molecular flexibility index (Phi) is 5.02. The van der Waals surface area contributed by atoms with Gasteiger partial charge in [0.25, 0.3) is 11.8 Å². The number of benzene rings is 1. The average Bonchev–Trinajstić information content (AvgIpc) is 2.57. The predicted octanol–water partition coefficient (Wildman–Crippen LogP) is 1.30. The summed E-state index contributed by atoms with van der Waals surface area (Å²) in [5.41, 5.74) is -0.633. The molecule has 1 fully saturated rings. The Labute approximate surface area is 148 Å². The highest BCUT2D eigenvalue weighted by atomic mass is 32.1. The van der Waals surface area contributed by atoms with Gasteiger partial charge in [0.05, 0.1) is 11.5 Å². The molecule has 25 heavy (non-hydrogen) atoms. The fourth-order valence-electron chi connectivity index (χ4n) is 2.24. The molecule has 0 saturated carbocycles. The van der Waals surface area contributed by atoms with Crippen LogP contribution in [0.25, 0.3) is 6.08 Å². The summed E-state index contributed by atoms with van der Waals surface area (Å²) in [5, 5.41) is 21.0. The van der Waals surface area contributed by atoms with Crippen LogP contribution in [0.3, 0.4) is 0 Å². The SMILES string of the molecule is CCOc1cc(C=C2C(=O)N(C)C(=S)N(C)C2=O)cc([N+](=O)[O-])c1O. The first-order valence-electron chi connectivity index (χ1n) is 7.15. The molecule has 0 unspecified atom stereocenters. The van der Waals surface area contributed by atoms with Crippen molar-refractivity contribution in [3.63, 3.8) is 0 Å². The second kappa shape index (κ2) is 6.85. The maximum Gasteiger partial charge on any atom is 0.315 e. The van der Waals surface area contributed by atoms with Crippen molar-refractivity contribution >= 4 is 40.9 Å². The van der Waals surface area contributed by atoms with E-state index < -0.39 is 28.2 Å². The van der Waals surface area contributed by atoms with E-state index in [1.807, 2.05) is 0 Å². The number of likely N-dealkylation sites (N-methyl/N-ethyl adjacent to an activating group) is 2. The molecule has 1 saturated heterocycles. The lowest BCUT2D eigenvalue weighted by molar-refractivity contribution is -0.386. The minimum absolute atomic E-state index is 0.0545. The van der Waals surface area contributed by atoms with Crippen LogP contribution in [0.1, 0.15) is 12.5 Å². The van der Waals surface area contributed by atoms with Crippen molar-refractivity contribution in [3.05, 3.63) is 33.4 Å². The van der Waals surface area contributed by atoms with Gasteiger partial charge >= 0.3 is 5.69 Å². The van der Waals surface area contributed by atoms with Crippen LogP contribution in [0.2, 0.25) is 0 Å². The van der Waals surface area contributed by atoms with E-state index in [2.05, 4.69) is 0 Å². The van der Waals surface area contributed by atoms with Gasteiger partial charge in [-0.15, -0.1) is 0 Å². The van der Waals surface area contributed by atoms with Gasteiger partial charge < -0.3 is 9.84 Å². The number of nitro groups is 1. The van der Waals surface area contributed by atoms with Crippen LogP contribution in [-0.4, -0.2) is 57.5 Å². The molecule has 1 heterocycles. The number of aromatic hydroxyl groups is 1. The molecule has 0 spiro atoms. The summed E-state index contributed by atoms with van der Waals surface area (Å²) in [7, 11) is 2.85. The number of carbonyl (C=O) groups excluding carboxylic acids is 2. The first kappa shape index (κ1) is 18.3. The highest BCUT2D eigenvalue weighted by Gasteiger charge is 2.35. The Hall–Kier alpha value is -3.01. The van der Waals surface area contributed by atoms with Crippen molar-refractivity contribution in [1.29, 1.82) is 0 Å². The van der Waals surface area contributed by atoms with Crippen LogP contribution in [0.5, 0.6) is 11.5 Å². The minimum atomic E-state index is -0.780. The van der Waals surface area contributed by atoms with E-state index in [9.17, 15) is 24.8 Å². The molecule has 132 valence electrons. The molecule has 2 amide bonds. The number of nitro benzene ring substituents is 1. The topological polar surface area (TPSA) is 113 Å². The first-order chi connectivity index (χ1) is 11.7. The number of phenolic OH excluding ortho intramolecular Hbond substituents is 1. The molecule has 0 atom stereocenters. The van der Waals surface area contributed by atoms with Gasteiger partial charge in [0.1, 0.15) is 5.57 Å². The highest BCUT2D eigenvalue weighted by molar-refractivity contribution is 7.80. The number of hydrogen-bond acceptors (Lipinski definition) is 7. The average molecular weight is 365 g/mol. The monoisotopic (exact) mass is 365 g/mol. The fraction of sp³-hybridized carbons (Fsp3) is 0.267. The van der Waals surface area contributed by atoms with E-state index in [4.69, 9.17) is 17.0 Å². The number of nitrogens with zero attached hydrogens (tertiary/aromatic N) is 3. The van der Waals surface area contributed by atoms with Crippen LogP contribution in [0.15, 0.2) is 17.7 Å². The van der Waals surface area contributed by atoms with E-state index >= 15 is 0 Å². The van der Waals surface area contributed by atoms with E-state index in [0.717, 1.165) is 15.9 Å². The standard InChI is InChI=1S/C15H15N3O6S/c1-4-24-11-7-8(6-10(12(11)19)18(22)23)5-9-13(20)16(2)15(25)17(3)14(9)21/h5-7,19H,4H2,1-3H3. The summed E-state index contributed by atoms with van der Waals surface area (Å²) < 4.78 is 5.18. The van der Waals surface area contributed by atoms with Crippen molar-refractivity contribution in [2.45, 2.75) is 6.92 Å². The van der Waals surface area contributed by atoms with Crippen LogP contribution in [-0.2, 0) is 9.59 Å². The van der Waals surface area contributed by atoms with Gasteiger partial charge in [-0.25, -0.2) is 0 Å². The molecule has 1 aliphatic heterocycles. The van der Waals surface area contributed by atoms with Crippen molar-refractivity contribution < 1.29 is 24.4 Å². The van der Waals surface area contributed by atoms with Gasteiger partial charge in [-0.1, -0.05) is 0 Å². The van der Waals surface area contributed by atoms with E-state index in [0.29, 0.717) is 0 Å². The molecule has 1 N–H and O–H groups in total. The molecule has 1 aromatic carbocycles. The number of carbonyl (C=O) groups is 2. The van der Waals surface area contributed by atoms with Crippen LogP contribution >= 0.6 is 12.2 Å². The maximum atomic E-state index is 12.3. The largest absolute Gasteiger partial charge is 0.500 e. The molecule has 0 aliphatic carbocycles. The van der Waals surface area contributed by atoms with Crippen molar-refractivity contribution in [3.8, 4) is 11.5 Å². The Morgan fingerprint density at radius 3 is 2.32 bits per heavy atom. The second-order valence-electron chi connectivity index (χ2n) is 5.15. The molecule has 2 rings (SSSR count). The molecule has 1 aliphatic rings. The zero-order valence-electron chi connectivity index (χ0n) is 13.7. The number of rotatable bonds is 4.